The Labute approximate surface area is 120 Å². The van der Waals surface area contributed by atoms with Crippen molar-refractivity contribution >= 4 is 11.8 Å². The fourth-order valence-electron chi connectivity index (χ4n) is 2.79. The van der Waals surface area contributed by atoms with Crippen LogP contribution in [0.25, 0.3) is 0 Å². The summed E-state index contributed by atoms with van der Waals surface area (Å²) in [5.41, 5.74) is 0. The van der Waals surface area contributed by atoms with Crippen LogP contribution in [0.4, 0.5) is 5.88 Å². The number of furan rings is 1. The maximum absolute atomic E-state index is 12.0. The van der Waals surface area contributed by atoms with Crippen molar-refractivity contribution < 1.29 is 23.6 Å². The SMILES string of the molecule is O=C(NC1CCC2(CC1)OCCO2)c1ccc([N+](=O)[O-])o1. The van der Waals surface area contributed by atoms with Gasteiger partial charge in [-0.05, 0) is 18.9 Å². The number of amides is 1. The van der Waals surface area contributed by atoms with Crippen molar-refractivity contribution in [1.29, 1.82) is 0 Å². The second kappa shape index (κ2) is 5.45. The molecule has 21 heavy (non-hydrogen) atoms. The Morgan fingerprint density at radius 2 is 1.95 bits per heavy atom. The number of hydrogen-bond donors (Lipinski definition) is 1. The topological polar surface area (TPSA) is 104 Å². The predicted octanol–water partition coefficient (Wildman–Crippen LogP) is 1.60. The van der Waals surface area contributed by atoms with Crippen LogP contribution in [0, 0.1) is 10.1 Å². The summed E-state index contributed by atoms with van der Waals surface area (Å²) >= 11 is 0. The van der Waals surface area contributed by atoms with E-state index in [9.17, 15) is 14.9 Å². The fourth-order valence-corrected chi connectivity index (χ4v) is 2.79. The van der Waals surface area contributed by atoms with Gasteiger partial charge in [0.25, 0.3) is 5.91 Å². The minimum atomic E-state index is -0.671. The standard InChI is InChI=1S/C13H16N2O6/c16-12(10-1-2-11(21-10)15(17)18)14-9-3-5-13(6-4-9)19-7-8-20-13/h1-2,9H,3-8H2,(H,14,16). The van der Waals surface area contributed by atoms with Crippen LogP contribution >= 0.6 is 0 Å². The van der Waals surface area contributed by atoms with Crippen molar-refractivity contribution in [1.82, 2.24) is 5.32 Å². The summed E-state index contributed by atoms with van der Waals surface area (Å²) in [7, 11) is 0. The van der Waals surface area contributed by atoms with E-state index in [4.69, 9.17) is 13.9 Å². The normalized spacial score (nSPS) is 21.5. The van der Waals surface area contributed by atoms with Crippen LogP contribution in [0.3, 0.4) is 0 Å². The van der Waals surface area contributed by atoms with E-state index in [0.717, 1.165) is 25.7 Å². The molecule has 1 aromatic heterocycles. The third-order valence-electron chi connectivity index (χ3n) is 3.89. The highest BCUT2D eigenvalue weighted by Gasteiger charge is 2.40. The lowest BCUT2D eigenvalue weighted by Crippen LogP contribution is -2.43. The molecule has 0 aromatic carbocycles. The molecule has 114 valence electrons. The molecule has 3 rings (SSSR count). The van der Waals surface area contributed by atoms with Crippen LogP contribution in [0.2, 0.25) is 0 Å². The van der Waals surface area contributed by atoms with E-state index in [2.05, 4.69) is 5.32 Å². The fraction of sp³-hybridized carbons (Fsp3) is 0.615. The van der Waals surface area contributed by atoms with Crippen molar-refractivity contribution in [2.45, 2.75) is 37.5 Å². The molecule has 1 amide bonds. The summed E-state index contributed by atoms with van der Waals surface area (Å²) < 4.78 is 16.1. The van der Waals surface area contributed by atoms with Gasteiger partial charge < -0.3 is 19.2 Å². The van der Waals surface area contributed by atoms with Crippen LogP contribution < -0.4 is 5.32 Å². The summed E-state index contributed by atoms with van der Waals surface area (Å²) in [6, 6.07) is 2.48. The van der Waals surface area contributed by atoms with E-state index in [1.807, 2.05) is 0 Å². The number of carbonyl (C=O) groups is 1. The Kier molecular flexibility index (Phi) is 3.64. The second-order valence-electron chi connectivity index (χ2n) is 5.25. The minimum Gasteiger partial charge on any atom is -0.395 e. The number of nitro groups is 1. The molecule has 2 aliphatic rings. The van der Waals surface area contributed by atoms with Crippen molar-refractivity contribution in [3.8, 4) is 0 Å². The third kappa shape index (κ3) is 2.91. The molecule has 8 heteroatoms. The largest absolute Gasteiger partial charge is 0.433 e. The first-order valence-corrected chi connectivity index (χ1v) is 6.91. The van der Waals surface area contributed by atoms with E-state index in [1.54, 1.807) is 0 Å². The number of rotatable bonds is 3. The van der Waals surface area contributed by atoms with Crippen LogP contribution in [0.15, 0.2) is 16.5 Å². The van der Waals surface area contributed by atoms with Gasteiger partial charge in [-0.3, -0.25) is 14.9 Å². The molecule has 1 aliphatic carbocycles. The van der Waals surface area contributed by atoms with E-state index < -0.39 is 22.5 Å². The number of hydrogen-bond acceptors (Lipinski definition) is 6. The van der Waals surface area contributed by atoms with Gasteiger partial charge in [0.15, 0.2) is 11.5 Å². The predicted molar refractivity (Wildman–Crippen MR) is 69.7 cm³/mol. The molecule has 2 fully saturated rings. The van der Waals surface area contributed by atoms with Gasteiger partial charge in [-0.15, -0.1) is 0 Å². The van der Waals surface area contributed by atoms with Crippen molar-refractivity contribution in [2.75, 3.05) is 13.2 Å². The van der Waals surface area contributed by atoms with E-state index in [1.165, 1.54) is 12.1 Å². The van der Waals surface area contributed by atoms with Crippen molar-refractivity contribution in [3.63, 3.8) is 0 Å². The number of carbonyl (C=O) groups excluding carboxylic acids is 1. The maximum Gasteiger partial charge on any atom is 0.433 e. The lowest BCUT2D eigenvalue weighted by Gasteiger charge is -2.35. The maximum atomic E-state index is 12.0. The first kappa shape index (κ1) is 14.0. The Balaban J connectivity index is 1.54. The Bertz CT molecular complexity index is 539. The zero-order valence-electron chi connectivity index (χ0n) is 11.4. The first-order chi connectivity index (χ1) is 10.1. The van der Waals surface area contributed by atoms with Crippen molar-refractivity contribution in [3.05, 3.63) is 28.0 Å². The number of nitrogens with zero attached hydrogens (tertiary/aromatic N) is 1. The lowest BCUT2D eigenvalue weighted by molar-refractivity contribution is -0.402. The van der Waals surface area contributed by atoms with E-state index in [-0.39, 0.29) is 11.8 Å². The lowest BCUT2D eigenvalue weighted by atomic mass is 9.90. The zero-order chi connectivity index (χ0) is 14.9. The van der Waals surface area contributed by atoms with Gasteiger partial charge >= 0.3 is 5.88 Å². The highest BCUT2D eigenvalue weighted by molar-refractivity contribution is 5.91. The van der Waals surface area contributed by atoms with E-state index in [0.29, 0.717) is 13.2 Å². The highest BCUT2D eigenvalue weighted by Crippen LogP contribution is 2.35. The summed E-state index contributed by atoms with van der Waals surface area (Å²) in [5, 5.41) is 13.4. The van der Waals surface area contributed by atoms with Gasteiger partial charge in [-0.25, -0.2) is 0 Å². The molecule has 0 radical (unpaired) electrons. The zero-order valence-corrected chi connectivity index (χ0v) is 11.4. The highest BCUT2D eigenvalue weighted by atomic mass is 16.7. The average Bonchev–Trinajstić information content (AvgIpc) is 3.11. The van der Waals surface area contributed by atoms with Crippen molar-refractivity contribution in [2.24, 2.45) is 0 Å². The summed E-state index contributed by atoms with van der Waals surface area (Å²) in [6.45, 7) is 1.24. The van der Waals surface area contributed by atoms with Gasteiger partial charge in [0, 0.05) is 18.9 Å². The Morgan fingerprint density at radius 1 is 1.29 bits per heavy atom. The average molecular weight is 296 g/mol. The van der Waals surface area contributed by atoms with Crippen LogP contribution in [0.5, 0.6) is 0 Å². The van der Waals surface area contributed by atoms with Crippen LogP contribution in [-0.2, 0) is 9.47 Å². The molecule has 0 atom stereocenters. The molecule has 1 saturated heterocycles. The first-order valence-electron chi connectivity index (χ1n) is 6.91. The van der Waals surface area contributed by atoms with Gasteiger partial charge in [0.1, 0.15) is 4.92 Å². The van der Waals surface area contributed by atoms with E-state index >= 15 is 0 Å². The molecule has 1 aliphatic heterocycles. The Morgan fingerprint density at radius 3 is 2.52 bits per heavy atom. The van der Waals surface area contributed by atoms with Crippen LogP contribution in [0.1, 0.15) is 36.2 Å². The molecule has 2 heterocycles. The molecule has 0 unspecified atom stereocenters. The summed E-state index contributed by atoms with van der Waals surface area (Å²) in [4.78, 5) is 21.8. The third-order valence-corrected chi connectivity index (χ3v) is 3.89. The molecule has 8 nitrogen and oxygen atoms in total. The smallest absolute Gasteiger partial charge is 0.395 e. The molecular weight excluding hydrogens is 280 g/mol. The quantitative estimate of drug-likeness (QED) is 0.671. The molecule has 1 saturated carbocycles. The second-order valence-corrected chi connectivity index (χ2v) is 5.25. The number of ether oxygens (including phenoxy) is 2. The van der Waals surface area contributed by atoms with Gasteiger partial charge in [-0.1, -0.05) is 0 Å². The summed E-state index contributed by atoms with van der Waals surface area (Å²) in [5.74, 6) is -1.38. The van der Waals surface area contributed by atoms with Gasteiger partial charge in [0.2, 0.25) is 0 Å². The molecule has 0 bridgehead atoms. The van der Waals surface area contributed by atoms with Gasteiger partial charge in [0.05, 0.1) is 19.3 Å². The molecular formula is C13H16N2O6. The number of nitrogens with one attached hydrogen (secondary N) is 1. The van der Waals surface area contributed by atoms with Gasteiger partial charge in [-0.2, -0.15) is 0 Å². The van der Waals surface area contributed by atoms with Crippen LogP contribution in [-0.4, -0.2) is 35.9 Å². The molecule has 1 aromatic rings. The molecule has 1 spiro atoms. The minimum absolute atomic E-state index is 0.0000751. The Hall–Kier alpha value is -1.93. The monoisotopic (exact) mass is 296 g/mol. The summed E-state index contributed by atoms with van der Waals surface area (Å²) in [6.07, 6.45) is 2.95. The molecule has 1 N–H and O–H groups in total.